The van der Waals surface area contributed by atoms with Gasteiger partial charge in [0.1, 0.15) is 0 Å². The maximum absolute atomic E-state index is 4.38. The summed E-state index contributed by atoms with van der Waals surface area (Å²) in [5.41, 5.74) is 5.19. The van der Waals surface area contributed by atoms with Crippen LogP contribution in [0.5, 0.6) is 0 Å². The molecule has 0 fully saturated rings. The maximum Gasteiger partial charge on any atom is 0.0460 e. The first kappa shape index (κ1) is 15.9. The highest BCUT2D eigenvalue weighted by molar-refractivity contribution is 5.92. The lowest BCUT2D eigenvalue weighted by Crippen LogP contribution is -2.36. The molecule has 3 rings (SSSR count). The Hall–Kier alpha value is -2.00. The van der Waals surface area contributed by atoms with Crippen LogP contribution in [0, 0.1) is 5.92 Å². The van der Waals surface area contributed by atoms with Crippen molar-refractivity contribution in [3.8, 4) is 0 Å². The molecule has 0 spiro atoms. The van der Waals surface area contributed by atoms with Gasteiger partial charge in [0.05, 0.1) is 0 Å². The van der Waals surface area contributed by atoms with Crippen LogP contribution in [0.1, 0.15) is 19.4 Å². The Morgan fingerprint density at radius 1 is 1.30 bits per heavy atom. The number of aromatic amines is 1. The molecule has 0 radical (unpaired) electrons. The molecule has 1 aliphatic rings. The highest BCUT2D eigenvalue weighted by Crippen LogP contribution is 2.31. The third kappa shape index (κ3) is 3.06. The first-order chi connectivity index (χ1) is 11.1. The Morgan fingerprint density at radius 2 is 2.09 bits per heavy atom. The molecule has 0 amide bonds. The van der Waals surface area contributed by atoms with Crippen molar-refractivity contribution < 1.29 is 0 Å². The summed E-state index contributed by atoms with van der Waals surface area (Å²) < 4.78 is 0. The molecule has 3 heteroatoms. The van der Waals surface area contributed by atoms with Crippen LogP contribution >= 0.6 is 0 Å². The van der Waals surface area contributed by atoms with Gasteiger partial charge in [-0.3, -0.25) is 0 Å². The predicted molar refractivity (Wildman–Crippen MR) is 99.3 cm³/mol. The smallest absolute Gasteiger partial charge is 0.0460 e. The predicted octanol–water partition coefficient (Wildman–Crippen LogP) is 3.97. The second-order valence-electron chi connectivity index (χ2n) is 6.40. The number of rotatable bonds is 5. The van der Waals surface area contributed by atoms with E-state index in [1.54, 1.807) is 0 Å². The van der Waals surface area contributed by atoms with Crippen LogP contribution < -0.4 is 0 Å². The monoisotopic (exact) mass is 309 g/mol. The molecule has 0 bridgehead atoms. The third-order valence-corrected chi connectivity index (χ3v) is 4.89. The van der Waals surface area contributed by atoms with Crippen LogP contribution in [0.25, 0.3) is 16.5 Å². The van der Waals surface area contributed by atoms with E-state index in [0.29, 0.717) is 5.92 Å². The molecule has 2 aromatic rings. The zero-order valence-electron chi connectivity index (χ0n) is 14.5. The zero-order valence-corrected chi connectivity index (χ0v) is 14.5. The summed E-state index contributed by atoms with van der Waals surface area (Å²) in [6.07, 6.45) is 4.45. The summed E-state index contributed by atoms with van der Waals surface area (Å²) in [7, 11) is 2.20. The largest absolute Gasteiger partial charge is 0.375 e. The van der Waals surface area contributed by atoms with E-state index in [1.165, 1.54) is 27.7 Å². The van der Waals surface area contributed by atoms with Gasteiger partial charge in [0, 0.05) is 54.9 Å². The van der Waals surface area contributed by atoms with E-state index in [-0.39, 0.29) is 0 Å². The Kier molecular flexibility index (Phi) is 4.58. The van der Waals surface area contributed by atoms with Crippen LogP contribution in [-0.4, -0.2) is 48.0 Å². The summed E-state index contributed by atoms with van der Waals surface area (Å²) >= 11 is 0. The Bertz CT molecular complexity index is 721. The lowest BCUT2D eigenvalue weighted by atomic mass is 9.91. The molecular formula is C20H27N3. The minimum absolute atomic E-state index is 0.387. The Labute approximate surface area is 139 Å². The molecule has 23 heavy (non-hydrogen) atoms. The number of benzene rings is 1. The second-order valence-corrected chi connectivity index (χ2v) is 6.40. The van der Waals surface area contributed by atoms with E-state index in [4.69, 9.17) is 0 Å². The number of hydrogen-bond acceptors (Lipinski definition) is 2. The van der Waals surface area contributed by atoms with Crippen molar-refractivity contribution >= 4 is 16.5 Å². The molecule has 0 saturated carbocycles. The number of hydrogen-bond donors (Lipinski definition) is 1. The lowest BCUT2D eigenvalue weighted by molar-refractivity contribution is 0.285. The standard InChI is InChI=1S/C20H27N3/c1-5-23(6-2)15(3)16-12-17(14-22(4)13-16)18-8-7-9-20-19(18)10-11-21-20/h7-12,16,21H,3,5-6,13-14H2,1-2,4H3/t16-/m0/s1. The van der Waals surface area contributed by atoms with Gasteiger partial charge in [-0.15, -0.1) is 0 Å². The fourth-order valence-electron chi connectivity index (χ4n) is 3.65. The number of nitrogens with zero attached hydrogens (tertiary/aromatic N) is 2. The summed E-state index contributed by atoms with van der Waals surface area (Å²) in [5, 5.41) is 1.31. The van der Waals surface area contributed by atoms with Gasteiger partial charge in [-0.05, 0) is 44.2 Å². The van der Waals surface area contributed by atoms with Gasteiger partial charge in [-0.1, -0.05) is 24.8 Å². The molecular weight excluding hydrogens is 282 g/mol. The third-order valence-electron chi connectivity index (χ3n) is 4.89. The molecule has 1 atom stereocenters. The molecule has 1 aromatic heterocycles. The molecule has 122 valence electrons. The number of nitrogens with one attached hydrogen (secondary N) is 1. The second kappa shape index (κ2) is 6.63. The average Bonchev–Trinajstić information content (AvgIpc) is 3.03. The van der Waals surface area contributed by atoms with Crippen LogP contribution in [0.15, 0.2) is 48.8 Å². The van der Waals surface area contributed by atoms with E-state index in [2.05, 4.69) is 72.6 Å². The highest BCUT2D eigenvalue weighted by Gasteiger charge is 2.23. The van der Waals surface area contributed by atoms with Gasteiger partial charge in [-0.2, -0.15) is 0 Å². The Morgan fingerprint density at radius 3 is 2.83 bits per heavy atom. The fourth-order valence-corrected chi connectivity index (χ4v) is 3.65. The summed E-state index contributed by atoms with van der Waals surface area (Å²) in [4.78, 5) is 8.09. The van der Waals surface area contributed by atoms with Crippen LogP contribution in [0.4, 0.5) is 0 Å². The minimum atomic E-state index is 0.387. The van der Waals surface area contributed by atoms with Gasteiger partial charge >= 0.3 is 0 Å². The quantitative estimate of drug-likeness (QED) is 0.903. The lowest BCUT2D eigenvalue weighted by Gasteiger charge is -2.35. The molecule has 3 nitrogen and oxygen atoms in total. The van der Waals surface area contributed by atoms with Crippen molar-refractivity contribution in [2.45, 2.75) is 13.8 Å². The van der Waals surface area contributed by atoms with Crippen molar-refractivity contribution in [2.24, 2.45) is 5.92 Å². The normalized spacial score (nSPS) is 18.9. The molecule has 1 N–H and O–H groups in total. The van der Waals surface area contributed by atoms with Crippen molar-refractivity contribution in [1.29, 1.82) is 0 Å². The maximum atomic E-state index is 4.38. The molecule has 0 aliphatic carbocycles. The molecule has 1 aliphatic heterocycles. The van der Waals surface area contributed by atoms with Crippen LogP contribution in [0.3, 0.4) is 0 Å². The number of fused-ring (bicyclic) bond motifs is 1. The van der Waals surface area contributed by atoms with Crippen molar-refractivity contribution in [1.82, 2.24) is 14.8 Å². The molecule has 2 heterocycles. The molecule has 0 saturated heterocycles. The van der Waals surface area contributed by atoms with Gasteiger partial charge < -0.3 is 14.8 Å². The van der Waals surface area contributed by atoms with Crippen molar-refractivity contribution in [2.75, 3.05) is 33.2 Å². The fraction of sp³-hybridized carbons (Fsp3) is 0.400. The topological polar surface area (TPSA) is 22.3 Å². The van der Waals surface area contributed by atoms with Crippen molar-refractivity contribution in [3.63, 3.8) is 0 Å². The van der Waals surface area contributed by atoms with Gasteiger partial charge in [0.15, 0.2) is 0 Å². The zero-order chi connectivity index (χ0) is 16.4. The summed E-state index contributed by atoms with van der Waals surface area (Å²) in [5.74, 6) is 0.387. The Balaban J connectivity index is 1.98. The number of aromatic nitrogens is 1. The van der Waals surface area contributed by atoms with E-state index in [1.807, 2.05) is 6.20 Å². The SMILES string of the molecule is C=C([C@H]1C=C(c2cccc3[nH]ccc23)CN(C)C1)N(CC)CC. The van der Waals surface area contributed by atoms with Crippen molar-refractivity contribution in [3.05, 3.63) is 54.4 Å². The van der Waals surface area contributed by atoms with E-state index >= 15 is 0 Å². The van der Waals surface area contributed by atoms with Crippen LogP contribution in [-0.2, 0) is 0 Å². The van der Waals surface area contributed by atoms with E-state index < -0.39 is 0 Å². The summed E-state index contributed by atoms with van der Waals surface area (Å²) in [6.45, 7) is 12.9. The van der Waals surface area contributed by atoms with Gasteiger partial charge in [0.2, 0.25) is 0 Å². The van der Waals surface area contributed by atoms with Crippen LogP contribution in [0.2, 0.25) is 0 Å². The summed E-state index contributed by atoms with van der Waals surface area (Å²) in [6, 6.07) is 8.68. The highest BCUT2D eigenvalue weighted by atomic mass is 15.2. The first-order valence-corrected chi connectivity index (χ1v) is 8.53. The van der Waals surface area contributed by atoms with Gasteiger partial charge in [0.25, 0.3) is 0 Å². The van der Waals surface area contributed by atoms with Gasteiger partial charge in [-0.25, -0.2) is 0 Å². The van der Waals surface area contributed by atoms with E-state index in [9.17, 15) is 0 Å². The average molecular weight is 309 g/mol. The number of H-pyrrole nitrogens is 1. The van der Waals surface area contributed by atoms with E-state index in [0.717, 1.165) is 26.2 Å². The first-order valence-electron chi connectivity index (χ1n) is 8.53. The molecule has 0 unspecified atom stereocenters. The molecule has 1 aromatic carbocycles. The minimum Gasteiger partial charge on any atom is -0.375 e. The number of likely N-dealkylation sites (N-methyl/N-ethyl adjacent to an activating group) is 1.